The molecule has 3 rings (SSSR count). The van der Waals surface area contributed by atoms with Gasteiger partial charge in [0.15, 0.2) is 0 Å². The molecule has 0 spiro atoms. The van der Waals surface area contributed by atoms with Gasteiger partial charge >= 0.3 is 0 Å². The van der Waals surface area contributed by atoms with Crippen molar-refractivity contribution >= 4 is 23.0 Å². The fourth-order valence-electron chi connectivity index (χ4n) is 2.33. The van der Waals surface area contributed by atoms with Gasteiger partial charge in [-0.1, -0.05) is 18.2 Å². The Balaban J connectivity index is 1.60. The molecule has 1 unspecified atom stereocenters. The van der Waals surface area contributed by atoms with Crippen molar-refractivity contribution < 1.29 is 9.53 Å². The predicted octanol–water partition coefficient (Wildman–Crippen LogP) is 3.55. The second kappa shape index (κ2) is 6.41. The van der Waals surface area contributed by atoms with Gasteiger partial charge in [-0.25, -0.2) is 0 Å². The summed E-state index contributed by atoms with van der Waals surface area (Å²) in [6.45, 7) is 0.679. The van der Waals surface area contributed by atoms with E-state index >= 15 is 0 Å². The van der Waals surface area contributed by atoms with Crippen molar-refractivity contribution in [2.24, 2.45) is 0 Å². The maximum absolute atomic E-state index is 11.9. The molecule has 0 aromatic heterocycles. The second-order valence-electron chi connectivity index (χ2n) is 5.06. The number of hydrogen-bond acceptors (Lipinski definition) is 3. The Hall–Kier alpha value is -2.33. The molecular weight excluding hydrogens is 264 g/mol. The highest BCUT2D eigenvalue weighted by Crippen LogP contribution is 2.20. The third-order valence-corrected chi connectivity index (χ3v) is 3.44. The van der Waals surface area contributed by atoms with E-state index < -0.39 is 0 Å². The summed E-state index contributed by atoms with van der Waals surface area (Å²) in [7, 11) is 0. The zero-order valence-corrected chi connectivity index (χ0v) is 11.7. The lowest BCUT2D eigenvalue weighted by molar-refractivity contribution is -0.124. The van der Waals surface area contributed by atoms with Crippen LogP contribution in [0, 0.1) is 0 Å². The van der Waals surface area contributed by atoms with E-state index in [-0.39, 0.29) is 12.0 Å². The monoisotopic (exact) mass is 282 g/mol. The Morgan fingerprint density at radius 3 is 2.29 bits per heavy atom. The van der Waals surface area contributed by atoms with Crippen LogP contribution in [-0.2, 0) is 9.53 Å². The second-order valence-corrected chi connectivity index (χ2v) is 5.06. The average Bonchev–Trinajstić information content (AvgIpc) is 3.05. The van der Waals surface area contributed by atoms with Crippen LogP contribution < -0.4 is 10.6 Å². The lowest BCUT2D eigenvalue weighted by Crippen LogP contribution is -2.26. The number of benzene rings is 2. The molecule has 0 saturated carbocycles. The van der Waals surface area contributed by atoms with Gasteiger partial charge in [0.05, 0.1) is 0 Å². The molecule has 108 valence electrons. The molecule has 1 atom stereocenters. The molecule has 4 heteroatoms. The van der Waals surface area contributed by atoms with Gasteiger partial charge < -0.3 is 15.4 Å². The van der Waals surface area contributed by atoms with Crippen LogP contribution in [0.1, 0.15) is 12.8 Å². The van der Waals surface area contributed by atoms with Crippen LogP contribution >= 0.6 is 0 Å². The van der Waals surface area contributed by atoms with Crippen molar-refractivity contribution in [3.05, 3.63) is 54.6 Å². The largest absolute Gasteiger partial charge is 0.368 e. The summed E-state index contributed by atoms with van der Waals surface area (Å²) in [6.07, 6.45) is 1.46. The molecular formula is C17H18N2O2. The Kier molecular flexibility index (Phi) is 4.17. The molecule has 1 aliphatic rings. The van der Waals surface area contributed by atoms with Gasteiger partial charge in [-0.2, -0.15) is 0 Å². The summed E-state index contributed by atoms with van der Waals surface area (Å²) >= 11 is 0. The highest BCUT2D eigenvalue weighted by atomic mass is 16.5. The molecule has 0 aliphatic carbocycles. The van der Waals surface area contributed by atoms with Crippen molar-refractivity contribution in [3.63, 3.8) is 0 Å². The standard InChI is InChI=1S/C17H18N2O2/c20-17(16-7-4-12-21-16)19-15-10-8-14(9-11-15)18-13-5-2-1-3-6-13/h1-3,5-6,8-11,16,18H,4,7,12H2,(H,19,20). The van der Waals surface area contributed by atoms with Crippen LogP contribution in [-0.4, -0.2) is 18.6 Å². The van der Waals surface area contributed by atoms with Crippen LogP contribution in [0.5, 0.6) is 0 Å². The zero-order valence-electron chi connectivity index (χ0n) is 11.7. The fourth-order valence-corrected chi connectivity index (χ4v) is 2.33. The number of carbonyl (C=O) groups is 1. The van der Waals surface area contributed by atoms with Crippen LogP contribution in [0.4, 0.5) is 17.1 Å². The molecule has 1 fully saturated rings. The molecule has 1 saturated heterocycles. The van der Waals surface area contributed by atoms with Gasteiger partial charge in [0.1, 0.15) is 6.10 Å². The Labute approximate surface area is 124 Å². The number of anilines is 3. The third kappa shape index (κ3) is 3.61. The Morgan fingerprint density at radius 1 is 0.952 bits per heavy atom. The highest BCUT2D eigenvalue weighted by molar-refractivity contribution is 5.94. The summed E-state index contributed by atoms with van der Waals surface area (Å²) in [5, 5.41) is 6.19. The molecule has 1 heterocycles. The third-order valence-electron chi connectivity index (χ3n) is 3.44. The number of para-hydroxylation sites is 1. The van der Waals surface area contributed by atoms with Gasteiger partial charge in [-0.05, 0) is 49.2 Å². The fraction of sp³-hybridized carbons (Fsp3) is 0.235. The van der Waals surface area contributed by atoms with E-state index in [1.54, 1.807) is 0 Å². The number of rotatable bonds is 4. The van der Waals surface area contributed by atoms with E-state index in [1.807, 2.05) is 54.6 Å². The van der Waals surface area contributed by atoms with Gasteiger partial charge in [0.2, 0.25) is 0 Å². The number of amides is 1. The lowest BCUT2D eigenvalue weighted by atomic mass is 10.2. The van der Waals surface area contributed by atoms with Gasteiger partial charge in [-0.3, -0.25) is 4.79 Å². The minimum absolute atomic E-state index is 0.0590. The Morgan fingerprint density at radius 2 is 1.62 bits per heavy atom. The van der Waals surface area contributed by atoms with Crippen LogP contribution in [0.15, 0.2) is 54.6 Å². The average molecular weight is 282 g/mol. The Bertz CT molecular complexity index is 590. The van der Waals surface area contributed by atoms with Crippen LogP contribution in [0.3, 0.4) is 0 Å². The van der Waals surface area contributed by atoms with Crippen LogP contribution in [0.25, 0.3) is 0 Å². The molecule has 2 N–H and O–H groups in total. The first-order chi connectivity index (χ1) is 10.3. The first kappa shape index (κ1) is 13.6. The van der Waals surface area contributed by atoms with E-state index in [0.29, 0.717) is 6.61 Å². The summed E-state index contributed by atoms with van der Waals surface area (Å²) in [4.78, 5) is 11.9. The summed E-state index contributed by atoms with van der Waals surface area (Å²) in [5.74, 6) is -0.0590. The quantitative estimate of drug-likeness (QED) is 0.901. The minimum atomic E-state index is -0.299. The van der Waals surface area contributed by atoms with E-state index in [4.69, 9.17) is 4.74 Å². The highest BCUT2D eigenvalue weighted by Gasteiger charge is 2.23. The maximum atomic E-state index is 11.9. The summed E-state index contributed by atoms with van der Waals surface area (Å²) < 4.78 is 5.37. The molecule has 0 radical (unpaired) electrons. The molecule has 2 aromatic carbocycles. The van der Waals surface area contributed by atoms with Gasteiger partial charge in [0, 0.05) is 23.7 Å². The number of carbonyl (C=O) groups excluding carboxylic acids is 1. The summed E-state index contributed by atoms with van der Waals surface area (Å²) in [6, 6.07) is 17.6. The van der Waals surface area contributed by atoms with E-state index in [9.17, 15) is 4.79 Å². The topological polar surface area (TPSA) is 50.4 Å². The minimum Gasteiger partial charge on any atom is -0.368 e. The molecule has 4 nitrogen and oxygen atoms in total. The van der Waals surface area contributed by atoms with Gasteiger partial charge in [-0.15, -0.1) is 0 Å². The summed E-state index contributed by atoms with van der Waals surface area (Å²) in [5.41, 5.74) is 2.80. The number of hydrogen-bond donors (Lipinski definition) is 2. The first-order valence-corrected chi connectivity index (χ1v) is 7.16. The van der Waals surface area contributed by atoms with Crippen molar-refractivity contribution in [1.29, 1.82) is 0 Å². The molecule has 2 aromatic rings. The predicted molar refractivity (Wildman–Crippen MR) is 83.8 cm³/mol. The van der Waals surface area contributed by atoms with Crippen molar-refractivity contribution in [2.45, 2.75) is 18.9 Å². The van der Waals surface area contributed by atoms with Crippen molar-refractivity contribution in [2.75, 3.05) is 17.2 Å². The number of nitrogens with one attached hydrogen (secondary N) is 2. The van der Waals surface area contributed by atoms with Crippen molar-refractivity contribution in [1.82, 2.24) is 0 Å². The normalized spacial score (nSPS) is 17.4. The lowest BCUT2D eigenvalue weighted by Gasteiger charge is -2.11. The zero-order chi connectivity index (χ0) is 14.5. The molecule has 1 amide bonds. The van der Waals surface area contributed by atoms with Gasteiger partial charge in [0.25, 0.3) is 5.91 Å². The maximum Gasteiger partial charge on any atom is 0.253 e. The molecule has 21 heavy (non-hydrogen) atoms. The molecule has 0 bridgehead atoms. The SMILES string of the molecule is O=C(Nc1ccc(Nc2ccccc2)cc1)C1CCCO1. The van der Waals surface area contributed by atoms with Crippen molar-refractivity contribution in [3.8, 4) is 0 Å². The van der Waals surface area contributed by atoms with Crippen LogP contribution in [0.2, 0.25) is 0 Å². The van der Waals surface area contributed by atoms with E-state index in [2.05, 4.69) is 10.6 Å². The smallest absolute Gasteiger partial charge is 0.253 e. The molecule has 1 aliphatic heterocycles. The van der Waals surface area contributed by atoms with E-state index in [0.717, 1.165) is 29.9 Å². The first-order valence-electron chi connectivity index (χ1n) is 7.16. The number of ether oxygens (including phenoxy) is 1. The van der Waals surface area contributed by atoms with E-state index in [1.165, 1.54) is 0 Å².